The lowest BCUT2D eigenvalue weighted by Gasteiger charge is -2.46. The Morgan fingerprint density at radius 3 is 1.93 bits per heavy atom. The summed E-state index contributed by atoms with van der Waals surface area (Å²) in [5.41, 5.74) is 3.05. The Balaban J connectivity index is 1.97. The van der Waals surface area contributed by atoms with E-state index in [1.165, 1.54) is 50.3 Å². The van der Waals surface area contributed by atoms with Gasteiger partial charge in [0.05, 0.1) is 0 Å². The van der Waals surface area contributed by atoms with E-state index in [4.69, 9.17) is 4.98 Å². The molecule has 0 saturated carbocycles. The largest absolute Gasteiger partial charge is 0.298 e. The molecule has 27 heavy (non-hydrogen) atoms. The van der Waals surface area contributed by atoms with Gasteiger partial charge in [0.2, 0.25) is 0 Å². The van der Waals surface area contributed by atoms with Crippen molar-refractivity contribution >= 4 is 0 Å². The van der Waals surface area contributed by atoms with E-state index < -0.39 is 0 Å². The zero-order chi connectivity index (χ0) is 20.5. The molecule has 1 fully saturated rings. The summed E-state index contributed by atoms with van der Waals surface area (Å²) in [5, 5.41) is 0. The van der Waals surface area contributed by atoms with E-state index >= 15 is 0 Å². The van der Waals surface area contributed by atoms with E-state index in [1.54, 1.807) is 0 Å². The summed E-state index contributed by atoms with van der Waals surface area (Å²) >= 11 is 0. The first-order valence-corrected chi connectivity index (χ1v) is 10.8. The second-order valence-electron chi connectivity index (χ2n) is 11.0. The summed E-state index contributed by atoms with van der Waals surface area (Å²) < 4.78 is 0. The maximum atomic E-state index is 4.76. The van der Waals surface area contributed by atoms with Crippen LogP contribution in [0.15, 0.2) is 18.3 Å². The van der Waals surface area contributed by atoms with Crippen molar-refractivity contribution in [1.29, 1.82) is 0 Å². The number of hydrogen-bond donors (Lipinski definition) is 0. The van der Waals surface area contributed by atoms with Crippen LogP contribution < -0.4 is 0 Å². The van der Waals surface area contributed by atoms with Gasteiger partial charge in [0.25, 0.3) is 0 Å². The van der Waals surface area contributed by atoms with Gasteiger partial charge in [-0.15, -0.1) is 0 Å². The van der Waals surface area contributed by atoms with Crippen LogP contribution in [0.4, 0.5) is 0 Å². The summed E-state index contributed by atoms with van der Waals surface area (Å²) in [5.74, 6) is 0. The van der Waals surface area contributed by atoms with Crippen molar-refractivity contribution in [2.45, 2.75) is 97.6 Å². The molecular formula is C24H43N3. The van der Waals surface area contributed by atoms with Crippen LogP contribution in [0.3, 0.4) is 0 Å². The maximum absolute atomic E-state index is 4.76. The van der Waals surface area contributed by atoms with Crippen LogP contribution in [0, 0.1) is 0 Å². The third kappa shape index (κ3) is 5.77. The van der Waals surface area contributed by atoms with Crippen molar-refractivity contribution < 1.29 is 0 Å². The monoisotopic (exact) mass is 373 g/mol. The van der Waals surface area contributed by atoms with Crippen LogP contribution in [0.1, 0.15) is 86.4 Å². The molecule has 0 amide bonds. The van der Waals surface area contributed by atoms with Gasteiger partial charge in [0.1, 0.15) is 0 Å². The van der Waals surface area contributed by atoms with E-state index in [0.717, 1.165) is 0 Å². The Labute approximate surface area is 168 Å². The van der Waals surface area contributed by atoms with E-state index in [1.807, 2.05) is 0 Å². The summed E-state index contributed by atoms with van der Waals surface area (Å²) in [6.07, 6.45) is 4.50. The molecular weight excluding hydrogens is 330 g/mol. The standard InChI is InChI=1S/C24H43N3/c1-19(2)26-14-16-27(17-15-26)24(8,9)13-12-23(6,7)20-10-11-21(25-18-20)22(3,4)5/h10-11,18-19H,12-17H2,1-9H3. The predicted octanol–water partition coefficient (Wildman–Crippen LogP) is 5.24. The predicted molar refractivity (Wildman–Crippen MR) is 118 cm³/mol. The Morgan fingerprint density at radius 2 is 1.48 bits per heavy atom. The van der Waals surface area contributed by atoms with Crippen LogP contribution in [-0.4, -0.2) is 52.5 Å². The van der Waals surface area contributed by atoms with Crippen LogP contribution in [0.5, 0.6) is 0 Å². The summed E-state index contributed by atoms with van der Waals surface area (Å²) in [4.78, 5) is 10.1. The number of pyridine rings is 1. The van der Waals surface area contributed by atoms with Crippen molar-refractivity contribution in [1.82, 2.24) is 14.8 Å². The minimum atomic E-state index is 0.114. The minimum Gasteiger partial charge on any atom is -0.298 e. The van der Waals surface area contributed by atoms with E-state index in [9.17, 15) is 0 Å². The van der Waals surface area contributed by atoms with Crippen LogP contribution in [-0.2, 0) is 10.8 Å². The van der Waals surface area contributed by atoms with Gasteiger partial charge in [-0.25, -0.2) is 0 Å². The van der Waals surface area contributed by atoms with Crippen molar-refractivity contribution in [2.75, 3.05) is 26.2 Å². The van der Waals surface area contributed by atoms with Gasteiger partial charge >= 0.3 is 0 Å². The zero-order valence-electron chi connectivity index (χ0n) is 19.4. The SMILES string of the molecule is CC(C)N1CCN(C(C)(C)CCC(C)(C)c2ccc(C(C)(C)C)nc2)CC1. The van der Waals surface area contributed by atoms with Crippen molar-refractivity contribution in [3.63, 3.8) is 0 Å². The van der Waals surface area contributed by atoms with Gasteiger partial charge in [-0.05, 0) is 57.6 Å². The van der Waals surface area contributed by atoms with Gasteiger partial charge in [0.15, 0.2) is 0 Å². The van der Waals surface area contributed by atoms with E-state index in [-0.39, 0.29) is 16.4 Å². The zero-order valence-corrected chi connectivity index (χ0v) is 19.4. The van der Waals surface area contributed by atoms with E-state index in [2.05, 4.69) is 90.4 Å². The van der Waals surface area contributed by atoms with Gasteiger partial charge in [-0.2, -0.15) is 0 Å². The van der Waals surface area contributed by atoms with Crippen LogP contribution >= 0.6 is 0 Å². The third-order valence-electron chi connectivity index (χ3n) is 6.58. The van der Waals surface area contributed by atoms with E-state index in [0.29, 0.717) is 6.04 Å². The molecule has 0 N–H and O–H groups in total. The number of rotatable bonds is 6. The highest BCUT2D eigenvalue weighted by Crippen LogP contribution is 2.34. The van der Waals surface area contributed by atoms with Gasteiger partial charge in [0, 0.05) is 55.1 Å². The van der Waals surface area contributed by atoms with Gasteiger partial charge < -0.3 is 0 Å². The molecule has 0 atom stereocenters. The molecule has 2 heterocycles. The molecule has 2 rings (SSSR count). The highest BCUT2D eigenvalue weighted by Gasteiger charge is 2.33. The molecule has 1 aliphatic rings. The number of nitrogens with zero attached hydrogens (tertiary/aromatic N) is 3. The maximum Gasteiger partial charge on any atom is 0.0457 e. The second-order valence-corrected chi connectivity index (χ2v) is 11.0. The molecule has 1 aliphatic heterocycles. The molecule has 0 radical (unpaired) electrons. The molecule has 0 unspecified atom stereocenters. The molecule has 0 spiro atoms. The molecule has 0 bridgehead atoms. The minimum absolute atomic E-state index is 0.114. The number of piperazine rings is 1. The summed E-state index contributed by atoms with van der Waals surface area (Å²) in [7, 11) is 0. The Kier molecular flexibility index (Phi) is 6.80. The third-order valence-corrected chi connectivity index (χ3v) is 6.58. The molecule has 154 valence electrons. The lowest BCUT2D eigenvalue weighted by molar-refractivity contribution is 0.0323. The quantitative estimate of drug-likeness (QED) is 0.679. The fourth-order valence-electron chi connectivity index (χ4n) is 4.00. The lowest BCUT2D eigenvalue weighted by Crippen LogP contribution is -2.56. The normalized spacial score (nSPS) is 18.3. The number of aromatic nitrogens is 1. The van der Waals surface area contributed by atoms with Crippen LogP contribution in [0.2, 0.25) is 0 Å². The molecule has 1 saturated heterocycles. The highest BCUT2D eigenvalue weighted by atomic mass is 15.3. The van der Waals surface area contributed by atoms with Crippen molar-refractivity contribution in [3.8, 4) is 0 Å². The first-order chi connectivity index (χ1) is 12.3. The average molecular weight is 374 g/mol. The summed E-state index contributed by atoms with van der Waals surface area (Å²) in [6, 6.07) is 5.17. The lowest BCUT2D eigenvalue weighted by atomic mass is 9.77. The van der Waals surface area contributed by atoms with Gasteiger partial charge in [-0.1, -0.05) is 40.7 Å². The van der Waals surface area contributed by atoms with Crippen molar-refractivity contribution in [3.05, 3.63) is 29.6 Å². The molecule has 0 aromatic carbocycles. The fraction of sp³-hybridized carbons (Fsp3) is 0.792. The first kappa shape index (κ1) is 22.4. The van der Waals surface area contributed by atoms with Crippen LogP contribution in [0.25, 0.3) is 0 Å². The Hall–Kier alpha value is -0.930. The molecule has 3 nitrogen and oxygen atoms in total. The topological polar surface area (TPSA) is 19.4 Å². The molecule has 1 aromatic rings. The molecule has 3 heteroatoms. The first-order valence-electron chi connectivity index (χ1n) is 10.8. The Morgan fingerprint density at radius 1 is 0.889 bits per heavy atom. The Bertz CT molecular complexity index is 585. The highest BCUT2D eigenvalue weighted by molar-refractivity contribution is 5.25. The molecule has 0 aliphatic carbocycles. The smallest absolute Gasteiger partial charge is 0.0457 e. The molecule has 1 aromatic heterocycles. The number of hydrogen-bond acceptors (Lipinski definition) is 3. The van der Waals surface area contributed by atoms with Gasteiger partial charge in [-0.3, -0.25) is 14.8 Å². The summed E-state index contributed by atoms with van der Waals surface area (Å²) in [6.45, 7) is 25.6. The van der Waals surface area contributed by atoms with Crippen molar-refractivity contribution in [2.24, 2.45) is 0 Å². The second kappa shape index (κ2) is 8.21. The fourth-order valence-corrected chi connectivity index (χ4v) is 4.00. The average Bonchev–Trinajstić information content (AvgIpc) is 2.60.